The van der Waals surface area contributed by atoms with Crippen LogP contribution in [0, 0.1) is 0 Å². The molecule has 4 heteroatoms. The molecule has 2 aromatic rings. The van der Waals surface area contributed by atoms with Gasteiger partial charge in [-0.2, -0.15) is 0 Å². The van der Waals surface area contributed by atoms with Crippen LogP contribution in [0.3, 0.4) is 0 Å². The van der Waals surface area contributed by atoms with Crippen LogP contribution in [0.15, 0.2) is 43.0 Å². The maximum atomic E-state index is 6.14. The molecule has 1 aliphatic heterocycles. The van der Waals surface area contributed by atoms with Crippen LogP contribution in [-0.2, 0) is 17.8 Å². The van der Waals surface area contributed by atoms with Gasteiger partial charge in [0.05, 0.1) is 17.5 Å². The van der Waals surface area contributed by atoms with E-state index in [0.29, 0.717) is 6.04 Å². The molecule has 1 aliphatic rings. The molecule has 0 radical (unpaired) electrons. The summed E-state index contributed by atoms with van der Waals surface area (Å²) in [6.45, 7) is 10.4. The highest BCUT2D eigenvalue weighted by molar-refractivity contribution is 5.23. The maximum Gasteiger partial charge on any atom is 0.0949 e. The summed E-state index contributed by atoms with van der Waals surface area (Å²) in [7, 11) is 0. The van der Waals surface area contributed by atoms with Crippen molar-refractivity contribution in [3.8, 4) is 0 Å². The summed E-state index contributed by atoms with van der Waals surface area (Å²) in [5, 5.41) is 3.67. The second-order valence-corrected chi connectivity index (χ2v) is 7.65. The highest BCUT2D eigenvalue weighted by atomic mass is 16.5. The number of hydrogen-bond acceptors (Lipinski definition) is 3. The molecule has 1 N–H and O–H groups in total. The van der Waals surface area contributed by atoms with Gasteiger partial charge >= 0.3 is 0 Å². The van der Waals surface area contributed by atoms with E-state index < -0.39 is 0 Å². The molecular formula is C19H27N3O. The lowest BCUT2D eigenvalue weighted by Crippen LogP contribution is -2.42. The van der Waals surface area contributed by atoms with Gasteiger partial charge in [-0.25, -0.2) is 4.98 Å². The zero-order valence-corrected chi connectivity index (χ0v) is 14.5. The summed E-state index contributed by atoms with van der Waals surface area (Å²) in [5.74, 6) is 0. The third-order valence-electron chi connectivity index (χ3n) is 4.57. The van der Waals surface area contributed by atoms with Gasteiger partial charge in [0.15, 0.2) is 0 Å². The molecule has 1 unspecified atom stereocenters. The third-order valence-corrected chi connectivity index (χ3v) is 4.57. The van der Waals surface area contributed by atoms with E-state index in [1.165, 1.54) is 11.1 Å². The van der Waals surface area contributed by atoms with Crippen molar-refractivity contribution in [3.05, 3.63) is 54.1 Å². The van der Waals surface area contributed by atoms with Crippen LogP contribution in [-0.4, -0.2) is 26.8 Å². The second kappa shape index (κ2) is 6.10. The minimum absolute atomic E-state index is 0.0458. The van der Waals surface area contributed by atoms with E-state index in [4.69, 9.17) is 4.74 Å². The normalized spacial score (nSPS) is 22.3. The Bertz CT molecular complexity index is 629. The minimum Gasteiger partial charge on any atom is -0.368 e. The van der Waals surface area contributed by atoms with E-state index >= 15 is 0 Å². The number of nitrogens with zero attached hydrogens (tertiary/aromatic N) is 2. The molecule has 0 spiro atoms. The van der Waals surface area contributed by atoms with Crippen LogP contribution in [0.4, 0.5) is 0 Å². The number of aromatic nitrogens is 2. The van der Waals surface area contributed by atoms with Gasteiger partial charge < -0.3 is 14.6 Å². The van der Waals surface area contributed by atoms with E-state index in [-0.39, 0.29) is 11.2 Å². The third kappa shape index (κ3) is 4.01. The monoisotopic (exact) mass is 313 g/mol. The Kier molecular flexibility index (Phi) is 4.30. The van der Waals surface area contributed by atoms with Crippen LogP contribution in [0.1, 0.15) is 45.2 Å². The van der Waals surface area contributed by atoms with Gasteiger partial charge in [0.2, 0.25) is 0 Å². The van der Waals surface area contributed by atoms with Crippen molar-refractivity contribution in [2.45, 2.75) is 64.4 Å². The predicted octanol–water partition coefficient (Wildman–Crippen LogP) is 3.37. The lowest BCUT2D eigenvalue weighted by atomic mass is 9.94. The van der Waals surface area contributed by atoms with E-state index in [1.807, 2.05) is 18.7 Å². The first kappa shape index (κ1) is 16.2. The second-order valence-electron chi connectivity index (χ2n) is 7.65. The number of benzene rings is 1. The van der Waals surface area contributed by atoms with Gasteiger partial charge in [0, 0.05) is 31.5 Å². The first-order valence-electron chi connectivity index (χ1n) is 8.31. The Morgan fingerprint density at radius 2 is 1.87 bits per heavy atom. The number of rotatable bonds is 5. The largest absolute Gasteiger partial charge is 0.368 e. The summed E-state index contributed by atoms with van der Waals surface area (Å²) in [6, 6.07) is 9.16. The Balaban J connectivity index is 1.57. The highest BCUT2D eigenvalue weighted by Gasteiger charge is 2.45. The smallest absolute Gasteiger partial charge is 0.0949 e. The van der Waals surface area contributed by atoms with Crippen molar-refractivity contribution >= 4 is 0 Å². The topological polar surface area (TPSA) is 39.1 Å². The maximum absolute atomic E-state index is 6.14. The van der Waals surface area contributed by atoms with E-state index in [0.717, 1.165) is 19.5 Å². The molecule has 124 valence electrons. The van der Waals surface area contributed by atoms with Gasteiger partial charge in [0.25, 0.3) is 0 Å². The average molecular weight is 313 g/mol. The quantitative estimate of drug-likeness (QED) is 0.920. The predicted molar refractivity (Wildman–Crippen MR) is 92.3 cm³/mol. The van der Waals surface area contributed by atoms with Gasteiger partial charge in [0.1, 0.15) is 0 Å². The lowest BCUT2D eigenvalue weighted by Gasteiger charge is -2.28. The Morgan fingerprint density at radius 1 is 1.17 bits per heavy atom. The molecule has 1 aromatic heterocycles. The summed E-state index contributed by atoms with van der Waals surface area (Å²) in [5.41, 5.74) is 2.43. The molecule has 4 nitrogen and oxygen atoms in total. The van der Waals surface area contributed by atoms with Crippen molar-refractivity contribution in [2.75, 3.05) is 0 Å². The van der Waals surface area contributed by atoms with Gasteiger partial charge in [-0.15, -0.1) is 0 Å². The highest BCUT2D eigenvalue weighted by Crippen LogP contribution is 2.37. The van der Waals surface area contributed by atoms with Crippen molar-refractivity contribution < 1.29 is 4.74 Å². The average Bonchev–Trinajstić information content (AvgIpc) is 3.03. The molecule has 0 amide bonds. The standard InChI is InChI=1S/C19H27N3O/c1-18(2)11-17(19(3,4)23-18)21-12-15-5-7-16(8-6-15)13-22-10-9-20-14-22/h5-10,14,17,21H,11-13H2,1-4H3. The summed E-state index contributed by atoms with van der Waals surface area (Å²) >= 11 is 0. The molecule has 1 atom stereocenters. The van der Waals surface area contributed by atoms with Crippen molar-refractivity contribution in [2.24, 2.45) is 0 Å². The van der Waals surface area contributed by atoms with Crippen LogP contribution in [0.2, 0.25) is 0 Å². The number of imidazole rings is 1. The van der Waals surface area contributed by atoms with Crippen molar-refractivity contribution in [3.63, 3.8) is 0 Å². The minimum atomic E-state index is -0.120. The fraction of sp³-hybridized carbons (Fsp3) is 0.526. The molecular weight excluding hydrogens is 286 g/mol. The molecule has 2 heterocycles. The van der Waals surface area contributed by atoms with Crippen molar-refractivity contribution in [1.29, 1.82) is 0 Å². The molecule has 3 rings (SSSR count). The summed E-state index contributed by atoms with van der Waals surface area (Å²) in [6.07, 6.45) is 6.68. The van der Waals surface area contributed by atoms with Gasteiger partial charge in [-0.05, 0) is 45.2 Å². The molecule has 0 saturated carbocycles. The number of ether oxygens (including phenoxy) is 1. The molecule has 0 aliphatic carbocycles. The SMILES string of the molecule is CC1(C)CC(NCc2ccc(Cn3ccnc3)cc2)C(C)(C)O1. The van der Waals surface area contributed by atoms with Crippen LogP contribution < -0.4 is 5.32 Å². The molecule has 1 fully saturated rings. The molecule has 0 bridgehead atoms. The zero-order chi connectivity index (χ0) is 16.5. The van der Waals surface area contributed by atoms with Crippen molar-refractivity contribution in [1.82, 2.24) is 14.9 Å². The van der Waals surface area contributed by atoms with E-state index in [2.05, 4.69) is 66.8 Å². The summed E-state index contributed by atoms with van der Waals surface area (Å²) < 4.78 is 8.22. The van der Waals surface area contributed by atoms with Crippen LogP contribution >= 0.6 is 0 Å². The number of hydrogen-bond donors (Lipinski definition) is 1. The van der Waals surface area contributed by atoms with Crippen LogP contribution in [0.5, 0.6) is 0 Å². The summed E-state index contributed by atoms with van der Waals surface area (Å²) in [4.78, 5) is 4.08. The fourth-order valence-corrected chi connectivity index (χ4v) is 3.47. The lowest BCUT2D eigenvalue weighted by molar-refractivity contribution is -0.0699. The van der Waals surface area contributed by atoms with Gasteiger partial charge in [-0.1, -0.05) is 24.3 Å². The molecule has 23 heavy (non-hydrogen) atoms. The van der Waals surface area contributed by atoms with Gasteiger partial charge in [-0.3, -0.25) is 0 Å². The Hall–Kier alpha value is -1.65. The van der Waals surface area contributed by atoms with E-state index in [1.54, 1.807) is 0 Å². The van der Waals surface area contributed by atoms with E-state index in [9.17, 15) is 0 Å². The molecule has 1 aromatic carbocycles. The first-order chi connectivity index (χ1) is 10.8. The Labute approximate surface area is 138 Å². The fourth-order valence-electron chi connectivity index (χ4n) is 3.47. The Morgan fingerprint density at radius 3 is 2.43 bits per heavy atom. The zero-order valence-electron chi connectivity index (χ0n) is 14.5. The first-order valence-corrected chi connectivity index (χ1v) is 8.31. The van der Waals surface area contributed by atoms with Crippen LogP contribution in [0.25, 0.3) is 0 Å². The number of nitrogens with one attached hydrogen (secondary N) is 1. The molecule has 1 saturated heterocycles.